The van der Waals surface area contributed by atoms with Crippen LogP contribution in [0, 0.1) is 12.8 Å². The predicted octanol–water partition coefficient (Wildman–Crippen LogP) is 2.94. The highest BCUT2D eigenvalue weighted by atomic mass is 32.1. The molecule has 0 aliphatic carbocycles. The first kappa shape index (κ1) is 15.7. The van der Waals surface area contributed by atoms with Gasteiger partial charge in [0.1, 0.15) is 5.82 Å². The Balaban J connectivity index is 1.54. The summed E-state index contributed by atoms with van der Waals surface area (Å²) in [5, 5.41) is 6.64. The molecule has 5 nitrogen and oxygen atoms in total. The van der Waals surface area contributed by atoms with Crippen molar-refractivity contribution < 1.29 is 9.59 Å². The van der Waals surface area contributed by atoms with Gasteiger partial charge in [0.25, 0.3) is 5.91 Å². The van der Waals surface area contributed by atoms with Crippen molar-refractivity contribution in [1.82, 2.24) is 9.88 Å². The fourth-order valence-electron chi connectivity index (χ4n) is 2.75. The van der Waals surface area contributed by atoms with Crippen molar-refractivity contribution in [3.63, 3.8) is 0 Å². The second kappa shape index (κ2) is 6.91. The summed E-state index contributed by atoms with van der Waals surface area (Å²) >= 11 is 1.52. The van der Waals surface area contributed by atoms with Gasteiger partial charge in [-0.1, -0.05) is 6.07 Å². The molecule has 6 heteroatoms. The van der Waals surface area contributed by atoms with Crippen LogP contribution < -0.4 is 5.32 Å². The second-order valence-corrected chi connectivity index (χ2v) is 6.51. The Morgan fingerprint density at radius 3 is 2.70 bits per heavy atom. The van der Waals surface area contributed by atoms with E-state index in [9.17, 15) is 9.59 Å². The van der Waals surface area contributed by atoms with Crippen LogP contribution in [-0.4, -0.2) is 34.8 Å². The zero-order chi connectivity index (χ0) is 16.2. The highest BCUT2D eigenvalue weighted by Gasteiger charge is 2.28. The van der Waals surface area contributed by atoms with E-state index in [0.29, 0.717) is 31.7 Å². The molecule has 0 saturated carbocycles. The molecule has 1 N–H and O–H groups in total. The molecule has 0 bridgehead atoms. The maximum absolute atomic E-state index is 12.3. The predicted molar refractivity (Wildman–Crippen MR) is 90.6 cm³/mol. The van der Waals surface area contributed by atoms with Crippen LogP contribution in [0.3, 0.4) is 0 Å². The highest BCUT2D eigenvalue weighted by Crippen LogP contribution is 2.21. The van der Waals surface area contributed by atoms with Gasteiger partial charge in [0, 0.05) is 30.1 Å². The second-order valence-electron chi connectivity index (χ2n) is 5.73. The van der Waals surface area contributed by atoms with E-state index in [-0.39, 0.29) is 17.7 Å². The van der Waals surface area contributed by atoms with Crippen LogP contribution in [0.4, 0.5) is 5.82 Å². The van der Waals surface area contributed by atoms with Crippen LogP contribution in [0.25, 0.3) is 0 Å². The van der Waals surface area contributed by atoms with E-state index in [0.717, 1.165) is 11.3 Å². The van der Waals surface area contributed by atoms with Crippen molar-refractivity contribution in [3.05, 3.63) is 46.3 Å². The van der Waals surface area contributed by atoms with Gasteiger partial charge in [-0.25, -0.2) is 4.98 Å². The maximum Gasteiger partial charge on any atom is 0.254 e. The number of hydrogen-bond acceptors (Lipinski definition) is 4. The normalized spacial score (nSPS) is 15.4. The zero-order valence-electron chi connectivity index (χ0n) is 13.0. The van der Waals surface area contributed by atoms with Crippen molar-refractivity contribution in [1.29, 1.82) is 0 Å². The smallest absolute Gasteiger partial charge is 0.254 e. The van der Waals surface area contributed by atoms with Crippen molar-refractivity contribution in [2.24, 2.45) is 5.92 Å². The Bertz CT molecular complexity index is 692. The number of hydrogen-bond donors (Lipinski definition) is 1. The number of carbonyl (C=O) groups is 2. The number of pyridine rings is 1. The van der Waals surface area contributed by atoms with E-state index >= 15 is 0 Å². The highest BCUT2D eigenvalue weighted by molar-refractivity contribution is 7.08. The first-order valence-electron chi connectivity index (χ1n) is 7.69. The molecule has 2 aromatic rings. The van der Waals surface area contributed by atoms with Crippen LogP contribution in [0.15, 0.2) is 35.0 Å². The van der Waals surface area contributed by atoms with E-state index in [1.54, 1.807) is 6.07 Å². The minimum Gasteiger partial charge on any atom is -0.339 e. The molecule has 0 atom stereocenters. The van der Waals surface area contributed by atoms with Gasteiger partial charge in [-0.2, -0.15) is 11.3 Å². The van der Waals surface area contributed by atoms with Crippen molar-refractivity contribution in [2.75, 3.05) is 18.4 Å². The molecule has 2 aromatic heterocycles. The number of likely N-dealkylation sites (tertiary alicyclic amines) is 1. The number of nitrogens with zero attached hydrogens (tertiary/aromatic N) is 2. The molecule has 23 heavy (non-hydrogen) atoms. The third-order valence-electron chi connectivity index (χ3n) is 4.06. The number of anilines is 1. The lowest BCUT2D eigenvalue weighted by atomic mass is 9.95. The quantitative estimate of drug-likeness (QED) is 0.942. The van der Waals surface area contributed by atoms with E-state index < -0.39 is 0 Å². The SMILES string of the molecule is Cc1cccc(NC(=O)C2CCN(C(=O)c3ccsc3)CC2)n1. The topological polar surface area (TPSA) is 62.3 Å². The van der Waals surface area contributed by atoms with Gasteiger partial charge in [0.15, 0.2) is 0 Å². The van der Waals surface area contributed by atoms with Crippen molar-refractivity contribution in [3.8, 4) is 0 Å². The average molecular weight is 329 g/mol. The Labute approximate surface area is 139 Å². The molecule has 0 spiro atoms. The standard InChI is InChI=1S/C17H19N3O2S/c1-12-3-2-4-15(18-12)19-16(21)13-5-8-20(9-6-13)17(22)14-7-10-23-11-14/h2-4,7,10-11,13H,5-6,8-9H2,1H3,(H,18,19,21). The van der Waals surface area contributed by atoms with Gasteiger partial charge in [-0.3, -0.25) is 9.59 Å². The van der Waals surface area contributed by atoms with Crippen LogP contribution in [-0.2, 0) is 4.79 Å². The van der Waals surface area contributed by atoms with Crippen molar-refractivity contribution >= 4 is 29.0 Å². The van der Waals surface area contributed by atoms with Gasteiger partial charge >= 0.3 is 0 Å². The van der Waals surface area contributed by atoms with Gasteiger partial charge in [-0.05, 0) is 43.3 Å². The molecule has 1 saturated heterocycles. The number of amides is 2. The summed E-state index contributed by atoms with van der Waals surface area (Å²) in [6.07, 6.45) is 1.38. The van der Waals surface area contributed by atoms with E-state index in [1.165, 1.54) is 11.3 Å². The zero-order valence-corrected chi connectivity index (χ0v) is 13.8. The first-order valence-corrected chi connectivity index (χ1v) is 8.64. The number of aryl methyl sites for hydroxylation is 1. The summed E-state index contributed by atoms with van der Waals surface area (Å²) in [7, 11) is 0. The first-order chi connectivity index (χ1) is 11.1. The molecule has 2 amide bonds. The summed E-state index contributed by atoms with van der Waals surface area (Å²) in [6, 6.07) is 7.40. The summed E-state index contributed by atoms with van der Waals surface area (Å²) in [5.74, 6) is 0.576. The molecule has 0 unspecified atom stereocenters. The van der Waals surface area contributed by atoms with Gasteiger partial charge < -0.3 is 10.2 Å². The van der Waals surface area contributed by atoms with E-state index in [4.69, 9.17) is 0 Å². The van der Waals surface area contributed by atoms with Gasteiger partial charge in [0.05, 0.1) is 5.56 Å². The lowest BCUT2D eigenvalue weighted by Crippen LogP contribution is -2.41. The van der Waals surface area contributed by atoms with Crippen LogP contribution >= 0.6 is 11.3 Å². The Hall–Kier alpha value is -2.21. The van der Waals surface area contributed by atoms with Crippen molar-refractivity contribution in [2.45, 2.75) is 19.8 Å². The fourth-order valence-corrected chi connectivity index (χ4v) is 3.38. The molecule has 1 aliphatic heterocycles. The Morgan fingerprint density at radius 2 is 2.04 bits per heavy atom. The Morgan fingerprint density at radius 1 is 1.26 bits per heavy atom. The largest absolute Gasteiger partial charge is 0.339 e. The number of rotatable bonds is 3. The summed E-state index contributed by atoms with van der Waals surface area (Å²) in [6.45, 7) is 3.13. The lowest BCUT2D eigenvalue weighted by molar-refractivity contribution is -0.121. The molecule has 0 aromatic carbocycles. The molecule has 1 aliphatic rings. The van der Waals surface area contributed by atoms with Crippen LogP contribution in [0.2, 0.25) is 0 Å². The van der Waals surface area contributed by atoms with E-state index in [1.807, 2.05) is 40.8 Å². The number of piperidine rings is 1. The lowest BCUT2D eigenvalue weighted by Gasteiger charge is -2.31. The average Bonchev–Trinajstić information content (AvgIpc) is 3.09. The molecule has 0 radical (unpaired) electrons. The summed E-state index contributed by atoms with van der Waals surface area (Å²) in [4.78, 5) is 30.7. The Kier molecular flexibility index (Phi) is 4.71. The van der Waals surface area contributed by atoms with E-state index in [2.05, 4.69) is 10.3 Å². The third-order valence-corrected chi connectivity index (χ3v) is 4.74. The number of nitrogens with one attached hydrogen (secondary N) is 1. The summed E-state index contributed by atoms with van der Waals surface area (Å²) < 4.78 is 0. The van der Waals surface area contributed by atoms with Gasteiger partial charge in [-0.15, -0.1) is 0 Å². The molecular formula is C17H19N3O2S. The maximum atomic E-state index is 12.3. The summed E-state index contributed by atoms with van der Waals surface area (Å²) in [5.41, 5.74) is 1.61. The third kappa shape index (κ3) is 3.76. The van der Waals surface area contributed by atoms with Gasteiger partial charge in [0.2, 0.25) is 5.91 Å². The molecule has 1 fully saturated rings. The number of thiophene rings is 1. The molecular weight excluding hydrogens is 310 g/mol. The number of carbonyl (C=O) groups excluding carboxylic acids is 2. The minimum atomic E-state index is -0.0659. The molecule has 120 valence electrons. The van der Waals surface area contributed by atoms with Crippen LogP contribution in [0.1, 0.15) is 28.9 Å². The van der Waals surface area contributed by atoms with Crippen LogP contribution in [0.5, 0.6) is 0 Å². The fraction of sp³-hybridized carbons (Fsp3) is 0.353. The molecule has 3 rings (SSSR count). The monoisotopic (exact) mass is 329 g/mol. The molecule has 3 heterocycles. The minimum absolute atomic E-state index is 0.00858. The number of aromatic nitrogens is 1.